The molecule has 0 spiro atoms. The number of ether oxygens (including phenoxy) is 1. The zero-order valence-electron chi connectivity index (χ0n) is 17.0. The molecule has 0 bridgehead atoms. The molecule has 1 unspecified atom stereocenters. The van der Waals surface area contributed by atoms with Gasteiger partial charge in [0.15, 0.2) is 6.10 Å². The van der Waals surface area contributed by atoms with E-state index in [0.29, 0.717) is 17.0 Å². The molecule has 3 rings (SSSR count). The van der Waals surface area contributed by atoms with E-state index in [-0.39, 0.29) is 17.6 Å². The second kappa shape index (κ2) is 9.22. The zero-order valence-corrected chi connectivity index (χ0v) is 17.0. The van der Waals surface area contributed by atoms with Crippen LogP contribution in [0.1, 0.15) is 28.4 Å². The average molecular weight is 406 g/mol. The molecule has 0 fully saturated rings. The van der Waals surface area contributed by atoms with Gasteiger partial charge in [0, 0.05) is 16.9 Å². The van der Waals surface area contributed by atoms with Crippen molar-refractivity contribution in [2.75, 3.05) is 10.6 Å². The van der Waals surface area contributed by atoms with Gasteiger partial charge in [-0.2, -0.15) is 0 Å². The molecule has 2 N–H and O–H groups in total. The summed E-state index contributed by atoms with van der Waals surface area (Å²) in [4.78, 5) is 24.7. The number of carbonyl (C=O) groups is 2. The van der Waals surface area contributed by atoms with Gasteiger partial charge in [0.25, 0.3) is 11.8 Å². The maximum absolute atomic E-state index is 13.0. The Morgan fingerprint density at radius 2 is 1.57 bits per heavy atom. The van der Waals surface area contributed by atoms with E-state index in [4.69, 9.17) is 4.74 Å². The molecular formula is C24H23FN2O3. The van der Waals surface area contributed by atoms with Crippen LogP contribution in [0.15, 0.2) is 66.7 Å². The molecule has 154 valence electrons. The predicted molar refractivity (Wildman–Crippen MR) is 115 cm³/mol. The van der Waals surface area contributed by atoms with Crippen LogP contribution in [-0.2, 0) is 4.79 Å². The van der Waals surface area contributed by atoms with E-state index in [1.807, 2.05) is 32.0 Å². The average Bonchev–Trinajstić information content (AvgIpc) is 2.72. The minimum atomic E-state index is -0.718. The van der Waals surface area contributed by atoms with Crippen LogP contribution < -0.4 is 15.4 Å². The summed E-state index contributed by atoms with van der Waals surface area (Å²) in [5.41, 5.74) is 3.76. The molecule has 0 aliphatic rings. The van der Waals surface area contributed by atoms with Crippen LogP contribution in [0.5, 0.6) is 5.75 Å². The van der Waals surface area contributed by atoms with Crippen molar-refractivity contribution < 1.29 is 18.7 Å². The van der Waals surface area contributed by atoms with Gasteiger partial charge in [0.05, 0.1) is 0 Å². The highest BCUT2D eigenvalue weighted by atomic mass is 19.1. The molecule has 0 aliphatic carbocycles. The standard InChI is InChI=1S/C24H23FN2O3/c1-15-4-13-22(16(2)14-15)27-23(28)17(3)30-21-11-5-18(6-12-21)24(29)26-20-9-7-19(25)8-10-20/h4-14,17H,1-3H3,(H,26,29)(H,27,28). The Morgan fingerprint density at radius 3 is 2.20 bits per heavy atom. The van der Waals surface area contributed by atoms with Crippen molar-refractivity contribution in [2.24, 2.45) is 0 Å². The monoisotopic (exact) mass is 406 g/mol. The Labute approximate surface area is 174 Å². The lowest BCUT2D eigenvalue weighted by molar-refractivity contribution is -0.122. The van der Waals surface area contributed by atoms with Gasteiger partial charge in [-0.15, -0.1) is 0 Å². The largest absolute Gasteiger partial charge is 0.481 e. The van der Waals surface area contributed by atoms with Crippen LogP contribution in [0.4, 0.5) is 15.8 Å². The number of aryl methyl sites for hydroxylation is 2. The first kappa shape index (κ1) is 21.0. The summed E-state index contributed by atoms with van der Waals surface area (Å²) < 4.78 is 18.6. The van der Waals surface area contributed by atoms with Crippen LogP contribution in [-0.4, -0.2) is 17.9 Å². The highest BCUT2D eigenvalue weighted by Gasteiger charge is 2.16. The molecule has 3 aromatic carbocycles. The smallest absolute Gasteiger partial charge is 0.265 e. The Hall–Kier alpha value is -3.67. The molecule has 0 aromatic heterocycles. The van der Waals surface area contributed by atoms with Crippen molar-refractivity contribution in [2.45, 2.75) is 26.9 Å². The molecule has 2 amide bonds. The summed E-state index contributed by atoms with van der Waals surface area (Å²) in [6, 6.07) is 17.8. The summed E-state index contributed by atoms with van der Waals surface area (Å²) in [7, 11) is 0. The molecular weight excluding hydrogens is 383 g/mol. The lowest BCUT2D eigenvalue weighted by Crippen LogP contribution is -2.30. The molecule has 0 heterocycles. The van der Waals surface area contributed by atoms with Crippen molar-refractivity contribution in [3.8, 4) is 5.75 Å². The number of carbonyl (C=O) groups excluding carboxylic acids is 2. The molecule has 0 saturated carbocycles. The molecule has 1 atom stereocenters. The van der Waals surface area contributed by atoms with E-state index < -0.39 is 6.10 Å². The summed E-state index contributed by atoms with van der Waals surface area (Å²) in [5, 5.41) is 5.55. The maximum Gasteiger partial charge on any atom is 0.265 e. The fourth-order valence-electron chi connectivity index (χ4n) is 2.87. The first-order valence-electron chi connectivity index (χ1n) is 9.53. The number of amides is 2. The van der Waals surface area contributed by atoms with Crippen molar-refractivity contribution in [1.82, 2.24) is 0 Å². The fraction of sp³-hybridized carbons (Fsp3) is 0.167. The first-order chi connectivity index (χ1) is 14.3. The van der Waals surface area contributed by atoms with Gasteiger partial charge < -0.3 is 15.4 Å². The van der Waals surface area contributed by atoms with Crippen molar-refractivity contribution in [3.05, 3.63) is 89.2 Å². The molecule has 6 heteroatoms. The zero-order chi connectivity index (χ0) is 21.7. The minimum absolute atomic E-state index is 0.264. The second-order valence-electron chi connectivity index (χ2n) is 7.05. The van der Waals surface area contributed by atoms with Gasteiger partial charge in [-0.25, -0.2) is 4.39 Å². The maximum atomic E-state index is 13.0. The van der Waals surface area contributed by atoms with Crippen LogP contribution in [0, 0.1) is 19.7 Å². The van der Waals surface area contributed by atoms with Gasteiger partial charge in [0.2, 0.25) is 0 Å². The van der Waals surface area contributed by atoms with Gasteiger partial charge in [0.1, 0.15) is 11.6 Å². The molecule has 0 aliphatic heterocycles. The van der Waals surface area contributed by atoms with Gasteiger partial charge in [-0.1, -0.05) is 17.7 Å². The van der Waals surface area contributed by atoms with Gasteiger partial charge >= 0.3 is 0 Å². The number of hydrogen-bond acceptors (Lipinski definition) is 3. The third-order valence-electron chi connectivity index (χ3n) is 4.54. The topological polar surface area (TPSA) is 67.4 Å². The van der Waals surface area contributed by atoms with E-state index in [0.717, 1.165) is 16.8 Å². The fourth-order valence-corrected chi connectivity index (χ4v) is 2.87. The summed E-state index contributed by atoms with van der Waals surface area (Å²) in [5.74, 6) is -0.490. The normalized spacial score (nSPS) is 11.5. The lowest BCUT2D eigenvalue weighted by atomic mass is 10.1. The molecule has 0 radical (unpaired) electrons. The van der Waals surface area contributed by atoms with Crippen molar-refractivity contribution in [1.29, 1.82) is 0 Å². The number of nitrogens with one attached hydrogen (secondary N) is 2. The Morgan fingerprint density at radius 1 is 0.900 bits per heavy atom. The van der Waals surface area contributed by atoms with Crippen LogP contribution in [0.3, 0.4) is 0 Å². The second-order valence-corrected chi connectivity index (χ2v) is 7.05. The van der Waals surface area contributed by atoms with Crippen molar-refractivity contribution in [3.63, 3.8) is 0 Å². The summed E-state index contributed by atoms with van der Waals surface area (Å²) in [6.45, 7) is 5.59. The predicted octanol–water partition coefficient (Wildman–Crippen LogP) is 5.10. The van der Waals surface area contributed by atoms with E-state index in [2.05, 4.69) is 10.6 Å². The van der Waals surface area contributed by atoms with Crippen molar-refractivity contribution >= 4 is 23.2 Å². The number of rotatable bonds is 6. The molecule has 30 heavy (non-hydrogen) atoms. The van der Waals surface area contributed by atoms with E-state index in [1.54, 1.807) is 31.2 Å². The quantitative estimate of drug-likeness (QED) is 0.598. The van der Waals surface area contributed by atoms with E-state index in [1.165, 1.54) is 24.3 Å². The van der Waals surface area contributed by atoms with E-state index >= 15 is 0 Å². The first-order valence-corrected chi connectivity index (χ1v) is 9.53. The van der Waals surface area contributed by atoms with Gasteiger partial charge in [-0.3, -0.25) is 9.59 Å². The summed E-state index contributed by atoms with van der Waals surface area (Å²) >= 11 is 0. The van der Waals surface area contributed by atoms with Crippen LogP contribution >= 0.6 is 0 Å². The summed E-state index contributed by atoms with van der Waals surface area (Å²) in [6.07, 6.45) is -0.718. The van der Waals surface area contributed by atoms with Crippen LogP contribution in [0.25, 0.3) is 0 Å². The number of benzene rings is 3. The Balaban J connectivity index is 1.58. The molecule has 5 nitrogen and oxygen atoms in total. The number of anilines is 2. The minimum Gasteiger partial charge on any atom is -0.481 e. The Kier molecular flexibility index (Phi) is 6.47. The third-order valence-corrected chi connectivity index (χ3v) is 4.54. The third kappa shape index (κ3) is 5.44. The highest BCUT2D eigenvalue weighted by molar-refractivity contribution is 6.04. The molecule has 0 saturated heterocycles. The Bertz CT molecular complexity index is 1050. The molecule has 3 aromatic rings. The highest BCUT2D eigenvalue weighted by Crippen LogP contribution is 2.19. The lowest BCUT2D eigenvalue weighted by Gasteiger charge is -2.16. The van der Waals surface area contributed by atoms with E-state index in [9.17, 15) is 14.0 Å². The van der Waals surface area contributed by atoms with Crippen LogP contribution in [0.2, 0.25) is 0 Å². The number of hydrogen-bond donors (Lipinski definition) is 2. The SMILES string of the molecule is Cc1ccc(NC(=O)C(C)Oc2ccc(C(=O)Nc3ccc(F)cc3)cc2)c(C)c1. The van der Waals surface area contributed by atoms with Gasteiger partial charge in [-0.05, 0) is 80.9 Å². The number of halogens is 1.